The van der Waals surface area contributed by atoms with Gasteiger partial charge in [0.1, 0.15) is 0 Å². The number of rotatable bonds is 2. The molecular weight excluding hydrogens is 172 g/mol. The molecule has 0 heterocycles. The van der Waals surface area contributed by atoms with Crippen LogP contribution in [0.4, 0.5) is 0 Å². The summed E-state index contributed by atoms with van der Waals surface area (Å²) >= 11 is 0. The van der Waals surface area contributed by atoms with Crippen molar-refractivity contribution in [2.75, 3.05) is 0 Å². The molecule has 1 N–H and O–H groups in total. The van der Waals surface area contributed by atoms with E-state index in [9.17, 15) is 5.11 Å². The zero-order valence-electron chi connectivity index (χ0n) is 8.69. The lowest BCUT2D eigenvalue weighted by atomic mass is 9.95. The van der Waals surface area contributed by atoms with Crippen molar-refractivity contribution < 1.29 is 5.11 Å². The Morgan fingerprint density at radius 2 is 1.93 bits per heavy atom. The average Bonchev–Trinajstić information content (AvgIpc) is 2.52. The van der Waals surface area contributed by atoms with Crippen LogP contribution in [0.15, 0.2) is 30.3 Å². The van der Waals surface area contributed by atoms with Crippen LogP contribution in [0.3, 0.4) is 0 Å². The molecule has 3 atom stereocenters. The Hall–Kier alpha value is -0.820. The van der Waals surface area contributed by atoms with Crippen LogP contribution < -0.4 is 0 Å². The fourth-order valence-corrected chi connectivity index (χ4v) is 2.42. The molecule has 3 unspecified atom stereocenters. The van der Waals surface area contributed by atoms with E-state index < -0.39 is 0 Å². The minimum Gasteiger partial charge on any atom is -0.393 e. The summed E-state index contributed by atoms with van der Waals surface area (Å²) in [4.78, 5) is 0. The van der Waals surface area contributed by atoms with E-state index >= 15 is 0 Å². The van der Waals surface area contributed by atoms with Gasteiger partial charge in [-0.05, 0) is 36.7 Å². The van der Waals surface area contributed by atoms with Gasteiger partial charge in [0.25, 0.3) is 0 Å². The lowest BCUT2D eigenvalue weighted by Crippen LogP contribution is -2.20. The molecule has 1 aromatic carbocycles. The molecule has 14 heavy (non-hydrogen) atoms. The normalized spacial score (nSPS) is 32.0. The standard InChI is InChI=1S/C13H18O/c1-10-7-8-12(13(10)14)9-11-5-3-2-4-6-11/h2-6,10,12-14H,7-9H2,1H3. The Morgan fingerprint density at radius 1 is 1.21 bits per heavy atom. The maximum atomic E-state index is 9.92. The first kappa shape index (κ1) is 9.72. The topological polar surface area (TPSA) is 20.2 Å². The van der Waals surface area contributed by atoms with E-state index in [0.29, 0.717) is 11.8 Å². The van der Waals surface area contributed by atoms with Gasteiger partial charge in [0.05, 0.1) is 6.10 Å². The summed E-state index contributed by atoms with van der Waals surface area (Å²) in [6, 6.07) is 10.5. The van der Waals surface area contributed by atoms with E-state index in [4.69, 9.17) is 0 Å². The lowest BCUT2D eigenvalue weighted by molar-refractivity contribution is 0.0979. The number of hydrogen-bond acceptors (Lipinski definition) is 1. The summed E-state index contributed by atoms with van der Waals surface area (Å²) in [5.41, 5.74) is 1.35. The SMILES string of the molecule is CC1CCC(Cc2ccccc2)C1O. The fraction of sp³-hybridized carbons (Fsp3) is 0.538. The van der Waals surface area contributed by atoms with Crippen LogP contribution in [0.2, 0.25) is 0 Å². The van der Waals surface area contributed by atoms with Crippen molar-refractivity contribution in [3.05, 3.63) is 35.9 Å². The van der Waals surface area contributed by atoms with E-state index in [1.807, 2.05) is 6.07 Å². The molecule has 0 radical (unpaired) electrons. The number of aliphatic hydroxyl groups is 1. The Kier molecular flexibility index (Phi) is 2.87. The monoisotopic (exact) mass is 190 g/mol. The summed E-state index contributed by atoms with van der Waals surface area (Å²) in [6.07, 6.45) is 3.30. The van der Waals surface area contributed by atoms with Crippen molar-refractivity contribution >= 4 is 0 Å². The molecule has 1 nitrogen and oxygen atoms in total. The average molecular weight is 190 g/mol. The van der Waals surface area contributed by atoms with Gasteiger partial charge in [0, 0.05) is 0 Å². The number of hydrogen-bond donors (Lipinski definition) is 1. The zero-order valence-corrected chi connectivity index (χ0v) is 8.69. The molecule has 1 heteroatoms. The first-order valence-corrected chi connectivity index (χ1v) is 5.49. The molecule has 0 saturated heterocycles. The molecule has 0 amide bonds. The summed E-state index contributed by atoms with van der Waals surface area (Å²) in [6.45, 7) is 2.15. The number of aliphatic hydroxyl groups excluding tert-OH is 1. The molecule has 1 aromatic rings. The van der Waals surface area contributed by atoms with Crippen LogP contribution in [-0.2, 0) is 6.42 Å². The second-order valence-corrected chi connectivity index (χ2v) is 4.50. The van der Waals surface area contributed by atoms with Crippen LogP contribution >= 0.6 is 0 Å². The van der Waals surface area contributed by atoms with Gasteiger partial charge in [-0.15, -0.1) is 0 Å². The van der Waals surface area contributed by atoms with Gasteiger partial charge in [-0.2, -0.15) is 0 Å². The van der Waals surface area contributed by atoms with E-state index in [-0.39, 0.29) is 6.10 Å². The Balaban J connectivity index is 1.99. The number of benzene rings is 1. The third-order valence-electron chi connectivity index (χ3n) is 3.40. The predicted molar refractivity (Wildman–Crippen MR) is 58.0 cm³/mol. The van der Waals surface area contributed by atoms with Crippen LogP contribution in [0.1, 0.15) is 25.3 Å². The van der Waals surface area contributed by atoms with Crippen molar-refractivity contribution in [3.63, 3.8) is 0 Å². The maximum Gasteiger partial charge on any atom is 0.0597 e. The molecule has 1 aliphatic rings. The minimum absolute atomic E-state index is 0.0878. The highest BCUT2D eigenvalue weighted by Crippen LogP contribution is 2.33. The van der Waals surface area contributed by atoms with E-state index in [1.165, 1.54) is 18.4 Å². The highest BCUT2D eigenvalue weighted by molar-refractivity contribution is 5.15. The van der Waals surface area contributed by atoms with E-state index in [1.54, 1.807) is 0 Å². The maximum absolute atomic E-state index is 9.92. The smallest absolute Gasteiger partial charge is 0.0597 e. The second kappa shape index (κ2) is 4.14. The van der Waals surface area contributed by atoms with Gasteiger partial charge in [-0.3, -0.25) is 0 Å². The third-order valence-corrected chi connectivity index (χ3v) is 3.40. The van der Waals surface area contributed by atoms with Crippen molar-refractivity contribution in [1.82, 2.24) is 0 Å². The van der Waals surface area contributed by atoms with Gasteiger partial charge in [0.15, 0.2) is 0 Å². The predicted octanol–water partition coefficient (Wildman–Crippen LogP) is 2.64. The molecule has 76 valence electrons. The largest absolute Gasteiger partial charge is 0.393 e. The summed E-state index contributed by atoms with van der Waals surface area (Å²) in [5.74, 6) is 0.969. The van der Waals surface area contributed by atoms with Crippen LogP contribution in [0.5, 0.6) is 0 Å². The minimum atomic E-state index is -0.0878. The molecule has 2 rings (SSSR count). The molecule has 0 bridgehead atoms. The van der Waals surface area contributed by atoms with Gasteiger partial charge < -0.3 is 5.11 Å². The van der Waals surface area contributed by atoms with Gasteiger partial charge in [0.2, 0.25) is 0 Å². The Morgan fingerprint density at radius 3 is 2.50 bits per heavy atom. The fourth-order valence-electron chi connectivity index (χ4n) is 2.42. The van der Waals surface area contributed by atoms with E-state index in [2.05, 4.69) is 31.2 Å². The molecule has 0 aliphatic heterocycles. The van der Waals surface area contributed by atoms with Gasteiger partial charge in [-0.1, -0.05) is 37.3 Å². The quantitative estimate of drug-likeness (QED) is 0.760. The molecule has 1 fully saturated rings. The summed E-state index contributed by atoms with van der Waals surface area (Å²) in [5, 5.41) is 9.92. The third kappa shape index (κ3) is 1.98. The highest BCUT2D eigenvalue weighted by Gasteiger charge is 2.31. The summed E-state index contributed by atoms with van der Waals surface area (Å²) in [7, 11) is 0. The van der Waals surface area contributed by atoms with Gasteiger partial charge in [-0.25, -0.2) is 0 Å². The molecular formula is C13H18O. The van der Waals surface area contributed by atoms with Crippen LogP contribution in [-0.4, -0.2) is 11.2 Å². The Bertz CT molecular complexity index is 281. The highest BCUT2D eigenvalue weighted by atomic mass is 16.3. The molecule has 0 aromatic heterocycles. The van der Waals surface area contributed by atoms with E-state index in [0.717, 1.165) is 6.42 Å². The van der Waals surface area contributed by atoms with Crippen molar-refractivity contribution in [3.8, 4) is 0 Å². The van der Waals surface area contributed by atoms with Crippen molar-refractivity contribution in [1.29, 1.82) is 0 Å². The zero-order chi connectivity index (χ0) is 9.97. The Labute approximate surface area is 85.8 Å². The molecule has 1 aliphatic carbocycles. The first-order valence-electron chi connectivity index (χ1n) is 5.49. The molecule has 0 spiro atoms. The van der Waals surface area contributed by atoms with Crippen LogP contribution in [0, 0.1) is 11.8 Å². The van der Waals surface area contributed by atoms with Gasteiger partial charge >= 0.3 is 0 Å². The first-order chi connectivity index (χ1) is 6.77. The lowest BCUT2D eigenvalue weighted by Gasteiger charge is -2.16. The summed E-state index contributed by atoms with van der Waals surface area (Å²) < 4.78 is 0. The van der Waals surface area contributed by atoms with Crippen LogP contribution in [0.25, 0.3) is 0 Å². The molecule has 1 saturated carbocycles. The van der Waals surface area contributed by atoms with Crippen molar-refractivity contribution in [2.24, 2.45) is 11.8 Å². The second-order valence-electron chi connectivity index (χ2n) is 4.50. The van der Waals surface area contributed by atoms with Crippen molar-refractivity contribution in [2.45, 2.75) is 32.3 Å².